The van der Waals surface area contributed by atoms with Gasteiger partial charge < -0.3 is 10.1 Å². The summed E-state index contributed by atoms with van der Waals surface area (Å²) in [5.74, 6) is 0. The molecule has 1 N–H and O–H groups in total. The Labute approximate surface area is 87.4 Å². The smallest absolute Gasteiger partial charge is 0.0586 e. The maximum atomic E-state index is 5.45. The third kappa shape index (κ3) is 2.29. The molecule has 0 spiro atoms. The normalized spacial score (nSPS) is 36.4. The molecule has 14 heavy (non-hydrogen) atoms. The molecule has 0 radical (unpaired) electrons. The second-order valence-corrected chi connectivity index (χ2v) is 5.28. The number of hydrogen-bond acceptors (Lipinski definition) is 2. The molecular formula is C12H23NO. The average molecular weight is 197 g/mol. The SMILES string of the molecule is COC1CCCC(NC2(C)CCC2)C1. The van der Waals surface area contributed by atoms with Gasteiger partial charge in [0.2, 0.25) is 0 Å². The maximum absolute atomic E-state index is 5.45. The van der Waals surface area contributed by atoms with Gasteiger partial charge in [0.05, 0.1) is 6.10 Å². The molecule has 2 unspecified atom stereocenters. The Bertz CT molecular complexity index is 189. The summed E-state index contributed by atoms with van der Waals surface area (Å²) in [5.41, 5.74) is 0.459. The molecule has 0 aliphatic heterocycles. The van der Waals surface area contributed by atoms with Crippen LogP contribution in [0.25, 0.3) is 0 Å². The van der Waals surface area contributed by atoms with Gasteiger partial charge >= 0.3 is 0 Å². The Balaban J connectivity index is 1.79. The maximum Gasteiger partial charge on any atom is 0.0586 e. The fourth-order valence-corrected chi connectivity index (χ4v) is 2.83. The lowest BCUT2D eigenvalue weighted by atomic mass is 9.77. The van der Waals surface area contributed by atoms with Gasteiger partial charge in [-0.3, -0.25) is 0 Å². The standard InChI is InChI=1S/C12H23NO/c1-12(7-4-8-12)13-10-5-3-6-11(9-10)14-2/h10-11,13H,3-9H2,1-2H3. The van der Waals surface area contributed by atoms with Crippen LogP contribution in [-0.2, 0) is 4.74 Å². The molecule has 2 heteroatoms. The molecular weight excluding hydrogens is 174 g/mol. The summed E-state index contributed by atoms with van der Waals surface area (Å²) >= 11 is 0. The highest BCUT2D eigenvalue weighted by Gasteiger charge is 2.34. The third-order valence-corrected chi connectivity index (χ3v) is 3.97. The topological polar surface area (TPSA) is 21.3 Å². The zero-order valence-corrected chi connectivity index (χ0v) is 9.51. The van der Waals surface area contributed by atoms with Crippen LogP contribution in [0.15, 0.2) is 0 Å². The predicted octanol–water partition coefficient (Wildman–Crippen LogP) is 2.48. The summed E-state index contributed by atoms with van der Waals surface area (Å²) in [5, 5.41) is 3.82. The zero-order chi connectivity index (χ0) is 10.0. The van der Waals surface area contributed by atoms with Crippen molar-refractivity contribution >= 4 is 0 Å². The van der Waals surface area contributed by atoms with E-state index in [1.165, 1.54) is 44.9 Å². The molecule has 2 atom stereocenters. The Kier molecular flexibility index (Phi) is 3.13. The van der Waals surface area contributed by atoms with E-state index >= 15 is 0 Å². The van der Waals surface area contributed by atoms with Gasteiger partial charge in [-0.15, -0.1) is 0 Å². The summed E-state index contributed by atoms with van der Waals surface area (Å²) in [4.78, 5) is 0. The largest absolute Gasteiger partial charge is 0.381 e. The number of nitrogens with one attached hydrogen (secondary N) is 1. The second-order valence-electron chi connectivity index (χ2n) is 5.28. The first-order valence-corrected chi connectivity index (χ1v) is 6.02. The minimum Gasteiger partial charge on any atom is -0.381 e. The Morgan fingerprint density at radius 3 is 2.57 bits per heavy atom. The quantitative estimate of drug-likeness (QED) is 0.750. The summed E-state index contributed by atoms with van der Waals surface area (Å²) in [7, 11) is 1.85. The van der Waals surface area contributed by atoms with Crippen molar-refractivity contribution in [2.45, 2.75) is 69.6 Å². The van der Waals surface area contributed by atoms with Crippen LogP contribution in [0.5, 0.6) is 0 Å². The van der Waals surface area contributed by atoms with E-state index in [2.05, 4.69) is 12.2 Å². The van der Waals surface area contributed by atoms with Gasteiger partial charge in [-0.2, -0.15) is 0 Å². The Morgan fingerprint density at radius 2 is 2.00 bits per heavy atom. The molecule has 2 rings (SSSR count). The van der Waals surface area contributed by atoms with E-state index in [1.54, 1.807) is 0 Å². The molecule has 2 aliphatic carbocycles. The molecule has 0 aromatic heterocycles. The number of ether oxygens (including phenoxy) is 1. The van der Waals surface area contributed by atoms with Gasteiger partial charge in [0.1, 0.15) is 0 Å². The molecule has 0 amide bonds. The summed E-state index contributed by atoms with van der Waals surface area (Å²) in [6.45, 7) is 2.37. The van der Waals surface area contributed by atoms with Crippen molar-refractivity contribution in [1.29, 1.82) is 0 Å². The highest BCUT2D eigenvalue weighted by molar-refractivity contribution is 4.95. The van der Waals surface area contributed by atoms with Crippen LogP contribution in [0.2, 0.25) is 0 Å². The van der Waals surface area contributed by atoms with Gasteiger partial charge in [-0.25, -0.2) is 0 Å². The van der Waals surface area contributed by atoms with E-state index < -0.39 is 0 Å². The summed E-state index contributed by atoms with van der Waals surface area (Å²) in [6.07, 6.45) is 9.77. The van der Waals surface area contributed by atoms with Gasteiger partial charge in [0.25, 0.3) is 0 Å². The van der Waals surface area contributed by atoms with Gasteiger partial charge in [-0.05, 0) is 51.9 Å². The van der Waals surface area contributed by atoms with Crippen LogP contribution in [0.3, 0.4) is 0 Å². The highest BCUT2D eigenvalue weighted by Crippen LogP contribution is 2.33. The highest BCUT2D eigenvalue weighted by atomic mass is 16.5. The summed E-state index contributed by atoms with van der Waals surface area (Å²) in [6, 6.07) is 0.707. The molecule has 2 aliphatic rings. The van der Waals surface area contributed by atoms with Crippen molar-refractivity contribution in [1.82, 2.24) is 5.32 Å². The van der Waals surface area contributed by atoms with E-state index in [-0.39, 0.29) is 0 Å². The Morgan fingerprint density at radius 1 is 1.21 bits per heavy atom. The lowest BCUT2D eigenvalue weighted by molar-refractivity contribution is 0.0468. The van der Waals surface area contributed by atoms with Crippen molar-refractivity contribution < 1.29 is 4.74 Å². The lowest BCUT2D eigenvalue weighted by Gasteiger charge is -2.44. The van der Waals surface area contributed by atoms with Crippen molar-refractivity contribution in [3.8, 4) is 0 Å². The number of methoxy groups -OCH3 is 1. The van der Waals surface area contributed by atoms with Crippen molar-refractivity contribution in [3.63, 3.8) is 0 Å². The van der Waals surface area contributed by atoms with Crippen LogP contribution < -0.4 is 5.32 Å². The first-order valence-electron chi connectivity index (χ1n) is 6.02. The minimum atomic E-state index is 0.459. The van der Waals surface area contributed by atoms with Crippen molar-refractivity contribution in [2.75, 3.05) is 7.11 Å². The van der Waals surface area contributed by atoms with Crippen molar-refractivity contribution in [3.05, 3.63) is 0 Å². The summed E-state index contributed by atoms with van der Waals surface area (Å²) < 4.78 is 5.45. The molecule has 2 saturated carbocycles. The molecule has 82 valence electrons. The van der Waals surface area contributed by atoms with Gasteiger partial charge in [0, 0.05) is 18.7 Å². The van der Waals surface area contributed by atoms with Gasteiger partial charge in [0.15, 0.2) is 0 Å². The molecule has 2 nitrogen and oxygen atoms in total. The lowest BCUT2D eigenvalue weighted by Crippen LogP contribution is -2.54. The van der Waals surface area contributed by atoms with E-state index in [1.807, 2.05) is 7.11 Å². The van der Waals surface area contributed by atoms with Gasteiger partial charge in [-0.1, -0.05) is 0 Å². The molecule has 0 saturated heterocycles. The number of hydrogen-bond donors (Lipinski definition) is 1. The van der Waals surface area contributed by atoms with E-state index in [0.717, 1.165) is 0 Å². The minimum absolute atomic E-state index is 0.459. The van der Waals surface area contributed by atoms with Crippen molar-refractivity contribution in [2.24, 2.45) is 0 Å². The van der Waals surface area contributed by atoms with Crippen LogP contribution >= 0.6 is 0 Å². The van der Waals surface area contributed by atoms with Crippen LogP contribution in [0.4, 0.5) is 0 Å². The molecule has 0 aromatic carbocycles. The second kappa shape index (κ2) is 4.19. The van der Waals surface area contributed by atoms with Crippen LogP contribution in [0.1, 0.15) is 51.9 Å². The van der Waals surface area contributed by atoms with E-state index in [0.29, 0.717) is 17.7 Å². The van der Waals surface area contributed by atoms with E-state index in [9.17, 15) is 0 Å². The molecule has 2 fully saturated rings. The fraction of sp³-hybridized carbons (Fsp3) is 1.00. The average Bonchev–Trinajstić information content (AvgIpc) is 2.16. The monoisotopic (exact) mass is 197 g/mol. The molecule has 0 bridgehead atoms. The van der Waals surface area contributed by atoms with Crippen LogP contribution in [-0.4, -0.2) is 24.8 Å². The predicted molar refractivity (Wildman–Crippen MR) is 58.4 cm³/mol. The zero-order valence-electron chi connectivity index (χ0n) is 9.51. The first kappa shape index (κ1) is 10.4. The first-order chi connectivity index (χ1) is 6.72. The molecule has 0 aromatic rings. The third-order valence-electron chi connectivity index (χ3n) is 3.97. The van der Waals surface area contributed by atoms with E-state index in [4.69, 9.17) is 4.74 Å². The number of rotatable bonds is 3. The molecule has 0 heterocycles. The fourth-order valence-electron chi connectivity index (χ4n) is 2.83. The van der Waals surface area contributed by atoms with Crippen LogP contribution in [0, 0.1) is 0 Å². The Hall–Kier alpha value is -0.0800.